The van der Waals surface area contributed by atoms with Crippen LogP contribution < -0.4 is 10.6 Å². The maximum absolute atomic E-state index is 12.8. The van der Waals surface area contributed by atoms with Gasteiger partial charge in [0.15, 0.2) is 0 Å². The first-order chi connectivity index (χ1) is 12.0. The normalized spacial score (nSPS) is 10.3. The zero-order valence-corrected chi connectivity index (χ0v) is 14.5. The van der Waals surface area contributed by atoms with Crippen LogP contribution in [0.15, 0.2) is 48.5 Å². The predicted molar refractivity (Wildman–Crippen MR) is 95.9 cm³/mol. The number of carbonyl (C=O) groups is 2. The van der Waals surface area contributed by atoms with Crippen molar-refractivity contribution in [2.45, 2.75) is 19.3 Å². The van der Waals surface area contributed by atoms with Crippen LogP contribution in [-0.2, 0) is 22.4 Å². The molecule has 2 N–H and O–H groups in total. The second-order valence-corrected chi connectivity index (χ2v) is 6.07. The van der Waals surface area contributed by atoms with E-state index in [2.05, 4.69) is 10.6 Å². The average molecular weight is 363 g/mol. The summed E-state index contributed by atoms with van der Waals surface area (Å²) < 4.78 is 12.8. The Morgan fingerprint density at radius 2 is 1.40 bits per heavy atom. The monoisotopic (exact) mass is 362 g/mol. The lowest BCUT2D eigenvalue weighted by atomic mass is 10.1. The van der Waals surface area contributed by atoms with E-state index in [0.29, 0.717) is 31.0 Å². The van der Waals surface area contributed by atoms with Gasteiger partial charge in [-0.3, -0.25) is 9.59 Å². The van der Waals surface area contributed by atoms with Crippen LogP contribution in [0.25, 0.3) is 0 Å². The second-order valence-electron chi connectivity index (χ2n) is 5.63. The van der Waals surface area contributed by atoms with Gasteiger partial charge in [-0.05, 0) is 41.8 Å². The van der Waals surface area contributed by atoms with E-state index in [4.69, 9.17) is 11.6 Å². The highest BCUT2D eigenvalue weighted by Crippen LogP contribution is 2.10. The summed E-state index contributed by atoms with van der Waals surface area (Å²) in [5, 5.41) is 6.15. The van der Waals surface area contributed by atoms with Gasteiger partial charge in [0.1, 0.15) is 5.82 Å². The molecule has 0 aliphatic carbocycles. The van der Waals surface area contributed by atoms with Crippen LogP contribution in [-0.4, -0.2) is 24.9 Å². The number of benzene rings is 2. The Labute approximate surface area is 151 Å². The molecule has 0 fully saturated rings. The zero-order valence-electron chi connectivity index (χ0n) is 13.7. The number of hydrogen-bond acceptors (Lipinski definition) is 2. The van der Waals surface area contributed by atoms with E-state index in [1.54, 1.807) is 24.3 Å². The molecule has 0 unspecified atom stereocenters. The quantitative estimate of drug-likeness (QED) is 0.709. The second kappa shape index (κ2) is 9.79. The van der Waals surface area contributed by atoms with Crippen LogP contribution in [0.5, 0.6) is 0 Å². The third-order valence-electron chi connectivity index (χ3n) is 3.60. The van der Waals surface area contributed by atoms with E-state index >= 15 is 0 Å². The Morgan fingerprint density at radius 1 is 0.840 bits per heavy atom. The molecule has 132 valence electrons. The van der Waals surface area contributed by atoms with Crippen molar-refractivity contribution in [3.05, 3.63) is 70.5 Å². The molecule has 2 aromatic rings. The van der Waals surface area contributed by atoms with Gasteiger partial charge in [-0.1, -0.05) is 35.9 Å². The molecule has 0 saturated heterocycles. The first-order valence-corrected chi connectivity index (χ1v) is 8.43. The number of nitrogens with one attached hydrogen (secondary N) is 2. The van der Waals surface area contributed by atoms with Gasteiger partial charge in [0.05, 0.1) is 6.42 Å². The zero-order chi connectivity index (χ0) is 18.1. The molecular formula is C19H20ClFN2O2. The van der Waals surface area contributed by atoms with E-state index in [1.807, 2.05) is 12.1 Å². The van der Waals surface area contributed by atoms with Crippen molar-refractivity contribution in [1.82, 2.24) is 10.6 Å². The van der Waals surface area contributed by atoms with Crippen molar-refractivity contribution in [1.29, 1.82) is 0 Å². The lowest BCUT2D eigenvalue weighted by Gasteiger charge is -2.07. The summed E-state index contributed by atoms with van der Waals surface area (Å²) in [5.41, 5.74) is 1.79. The van der Waals surface area contributed by atoms with Crippen LogP contribution >= 0.6 is 11.6 Å². The Hall–Kier alpha value is -2.40. The molecule has 0 atom stereocenters. The summed E-state index contributed by atoms with van der Waals surface area (Å²) in [6.45, 7) is 0.724. The lowest BCUT2D eigenvalue weighted by Crippen LogP contribution is -2.35. The first-order valence-electron chi connectivity index (χ1n) is 8.05. The van der Waals surface area contributed by atoms with Gasteiger partial charge in [-0.15, -0.1) is 0 Å². The van der Waals surface area contributed by atoms with Gasteiger partial charge < -0.3 is 10.6 Å². The number of halogens is 2. The molecule has 0 aromatic heterocycles. The minimum atomic E-state index is -0.328. The largest absolute Gasteiger partial charge is 0.354 e. The fourth-order valence-electron chi connectivity index (χ4n) is 2.25. The molecule has 0 radical (unpaired) electrons. The summed E-state index contributed by atoms with van der Waals surface area (Å²) in [6.07, 6.45) is 1.20. The standard InChI is InChI=1S/C19H20ClFN2O2/c20-16-6-1-14(2-7-16)5-10-18(24)22-11-12-23-19(25)13-15-3-8-17(21)9-4-15/h1-4,6-9H,5,10-13H2,(H,22,24)(H,23,25). The minimum Gasteiger partial charge on any atom is -0.354 e. The van der Waals surface area contributed by atoms with Crippen molar-refractivity contribution < 1.29 is 14.0 Å². The van der Waals surface area contributed by atoms with Gasteiger partial charge in [-0.25, -0.2) is 4.39 Å². The van der Waals surface area contributed by atoms with Crippen molar-refractivity contribution in [2.24, 2.45) is 0 Å². The Morgan fingerprint density at radius 3 is 2.04 bits per heavy atom. The SMILES string of the molecule is O=C(CCc1ccc(Cl)cc1)NCCNC(=O)Cc1ccc(F)cc1. The highest BCUT2D eigenvalue weighted by Gasteiger charge is 2.05. The maximum atomic E-state index is 12.8. The minimum absolute atomic E-state index is 0.0669. The topological polar surface area (TPSA) is 58.2 Å². The lowest BCUT2D eigenvalue weighted by molar-refractivity contribution is -0.122. The van der Waals surface area contributed by atoms with Gasteiger partial charge in [0.25, 0.3) is 0 Å². The van der Waals surface area contributed by atoms with E-state index in [-0.39, 0.29) is 24.1 Å². The fourth-order valence-corrected chi connectivity index (χ4v) is 2.38. The highest BCUT2D eigenvalue weighted by atomic mass is 35.5. The number of rotatable bonds is 8. The average Bonchev–Trinajstić information content (AvgIpc) is 2.60. The van der Waals surface area contributed by atoms with Gasteiger partial charge in [0.2, 0.25) is 11.8 Å². The third-order valence-corrected chi connectivity index (χ3v) is 3.85. The third kappa shape index (κ3) is 7.35. The van der Waals surface area contributed by atoms with Crippen LogP contribution in [0.2, 0.25) is 5.02 Å². The molecule has 2 amide bonds. The fraction of sp³-hybridized carbons (Fsp3) is 0.263. The molecule has 0 aliphatic heterocycles. The molecule has 0 saturated carbocycles. The van der Waals surface area contributed by atoms with E-state index < -0.39 is 0 Å². The molecule has 6 heteroatoms. The summed E-state index contributed by atoms with van der Waals surface area (Å²) >= 11 is 5.81. The number of carbonyl (C=O) groups excluding carboxylic acids is 2. The number of aryl methyl sites for hydroxylation is 1. The van der Waals surface area contributed by atoms with Crippen molar-refractivity contribution in [3.63, 3.8) is 0 Å². The van der Waals surface area contributed by atoms with E-state index in [9.17, 15) is 14.0 Å². The summed E-state index contributed by atoms with van der Waals surface area (Å²) in [6, 6.07) is 13.2. The summed E-state index contributed by atoms with van der Waals surface area (Å²) in [5.74, 6) is -0.560. The molecule has 0 bridgehead atoms. The molecule has 4 nitrogen and oxygen atoms in total. The van der Waals surface area contributed by atoms with Crippen molar-refractivity contribution in [2.75, 3.05) is 13.1 Å². The molecule has 2 aromatic carbocycles. The number of hydrogen-bond donors (Lipinski definition) is 2. The molecule has 0 heterocycles. The number of amides is 2. The van der Waals surface area contributed by atoms with Crippen LogP contribution in [0.4, 0.5) is 4.39 Å². The molecule has 25 heavy (non-hydrogen) atoms. The molecular weight excluding hydrogens is 343 g/mol. The smallest absolute Gasteiger partial charge is 0.224 e. The van der Waals surface area contributed by atoms with E-state index in [0.717, 1.165) is 11.1 Å². The molecule has 2 rings (SSSR count). The Kier molecular flexibility index (Phi) is 7.41. The van der Waals surface area contributed by atoms with Crippen molar-refractivity contribution >= 4 is 23.4 Å². The van der Waals surface area contributed by atoms with Crippen LogP contribution in [0.3, 0.4) is 0 Å². The first kappa shape index (κ1) is 18.9. The Bertz CT molecular complexity index is 702. The molecule has 0 spiro atoms. The van der Waals surface area contributed by atoms with Gasteiger partial charge in [-0.2, -0.15) is 0 Å². The highest BCUT2D eigenvalue weighted by molar-refractivity contribution is 6.30. The van der Waals surface area contributed by atoms with E-state index in [1.165, 1.54) is 12.1 Å². The van der Waals surface area contributed by atoms with Gasteiger partial charge in [0, 0.05) is 24.5 Å². The summed E-state index contributed by atoms with van der Waals surface area (Å²) in [4.78, 5) is 23.5. The van der Waals surface area contributed by atoms with Gasteiger partial charge >= 0.3 is 0 Å². The molecule has 0 aliphatic rings. The predicted octanol–water partition coefficient (Wildman–Crippen LogP) is 2.89. The van der Waals surface area contributed by atoms with Crippen LogP contribution in [0.1, 0.15) is 17.5 Å². The van der Waals surface area contributed by atoms with Crippen molar-refractivity contribution in [3.8, 4) is 0 Å². The van der Waals surface area contributed by atoms with Crippen LogP contribution in [0, 0.1) is 5.82 Å². The summed E-state index contributed by atoms with van der Waals surface area (Å²) in [7, 11) is 0. The maximum Gasteiger partial charge on any atom is 0.224 e. The Balaban J connectivity index is 1.58.